The Bertz CT molecular complexity index is 919. The molecule has 0 aliphatic heterocycles. The zero-order chi connectivity index (χ0) is 24.8. The highest BCUT2D eigenvalue weighted by atomic mass is 19.4. The molecule has 0 amide bonds. The fourth-order valence-corrected chi connectivity index (χ4v) is 2.85. The number of carbonyl (C=O) groups is 2. The van der Waals surface area contributed by atoms with E-state index in [-0.39, 0.29) is 19.4 Å². The van der Waals surface area contributed by atoms with Gasteiger partial charge in [0.1, 0.15) is 11.5 Å². The molecule has 0 N–H and O–H groups in total. The van der Waals surface area contributed by atoms with Crippen LogP contribution in [-0.2, 0) is 9.53 Å². The average molecular weight is 479 g/mol. The Labute approximate surface area is 197 Å². The van der Waals surface area contributed by atoms with E-state index in [4.69, 9.17) is 14.2 Å². The van der Waals surface area contributed by atoms with Crippen molar-refractivity contribution >= 4 is 18.0 Å². The van der Waals surface area contributed by atoms with Crippen molar-refractivity contribution in [3.63, 3.8) is 0 Å². The molecule has 0 heterocycles. The highest BCUT2D eigenvalue weighted by Gasteiger charge is 2.25. The summed E-state index contributed by atoms with van der Waals surface area (Å²) in [5.74, 6) is -0.158. The van der Waals surface area contributed by atoms with Crippen LogP contribution in [0.3, 0.4) is 0 Å². The van der Waals surface area contributed by atoms with Crippen LogP contribution in [0.4, 0.5) is 13.2 Å². The monoisotopic (exact) mass is 478 g/mol. The SMILES string of the molecule is CCCCCOC(=O)/C=C/c1ccc(OC(=O)c2ccc(OCCCCC(F)(F)F)cc2)cc1. The lowest BCUT2D eigenvalue weighted by molar-refractivity contribution is -0.138. The maximum Gasteiger partial charge on any atom is 0.389 e. The maximum absolute atomic E-state index is 12.3. The maximum atomic E-state index is 12.3. The van der Waals surface area contributed by atoms with Gasteiger partial charge in [0, 0.05) is 12.5 Å². The summed E-state index contributed by atoms with van der Waals surface area (Å²) < 4.78 is 52.2. The van der Waals surface area contributed by atoms with E-state index in [1.807, 2.05) is 0 Å². The van der Waals surface area contributed by atoms with Crippen LogP contribution in [0.5, 0.6) is 11.5 Å². The van der Waals surface area contributed by atoms with E-state index >= 15 is 0 Å². The largest absolute Gasteiger partial charge is 0.494 e. The molecule has 0 saturated heterocycles. The average Bonchev–Trinajstić information content (AvgIpc) is 2.81. The second-order valence-electron chi connectivity index (χ2n) is 7.61. The number of hydrogen-bond acceptors (Lipinski definition) is 5. The first-order chi connectivity index (χ1) is 16.3. The van der Waals surface area contributed by atoms with E-state index in [0.29, 0.717) is 23.7 Å². The molecule has 2 aromatic rings. The molecule has 0 radical (unpaired) electrons. The van der Waals surface area contributed by atoms with Crippen molar-refractivity contribution in [3.05, 3.63) is 65.7 Å². The molecule has 0 aliphatic carbocycles. The lowest BCUT2D eigenvalue weighted by atomic mass is 10.2. The summed E-state index contributed by atoms with van der Waals surface area (Å²) >= 11 is 0. The first-order valence-corrected chi connectivity index (χ1v) is 11.2. The first-order valence-electron chi connectivity index (χ1n) is 11.2. The van der Waals surface area contributed by atoms with Crippen molar-refractivity contribution in [2.45, 2.75) is 51.6 Å². The van der Waals surface area contributed by atoms with E-state index in [0.717, 1.165) is 24.8 Å². The van der Waals surface area contributed by atoms with Crippen LogP contribution in [0.2, 0.25) is 0 Å². The number of alkyl halides is 3. The van der Waals surface area contributed by atoms with Crippen LogP contribution in [0.15, 0.2) is 54.6 Å². The molecule has 0 unspecified atom stereocenters. The van der Waals surface area contributed by atoms with Gasteiger partial charge in [0.2, 0.25) is 0 Å². The number of hydrogen-bond donors (Lipinski definition) is 0. The van der Waals surface area contributed by atoms with Crippen molar-refractivity contribution in [1.82, 2.24) is 0 Å². The smallest absolute Gasteiger partial charge is 0.389 e. The molecule has 0 spiro atoms. The minimum Gasteiger partial charge on any atom is -0.494 e. The highest BCUT2D eigenvalue weighted by molar-refractivity contribution is 5.91. The molecule has 34 heavy (non-hydrogen) atoms. The van der Waals surface area contributed by atoms with Crippen LogP contribution >= 0.6 is 0 Å². The summed E-state index contributed by atoms with van der Waals surface area (Å²) in [5, 5.41) is 0. The Morgan fingerprint density at radius 1 is 0.853 bits per heavy atom. The van der Waals surface area contributed by atoms with Gasteiger partial charge in [0.25, 0.3) is 0 Å². The second-order valence-corrected chi connectivity index (χ2v) is 7.61. The van der Waals surface area contributed by atoms with Crippen molar-refractivity contribution < 1.29 is 37.0 Å². The Hall–Kier alpha value is -3.29. The van der Waals surface area contributed by atoms with Gasteiger partial charge in [-0.15, -0.1) is 0 Å². The Morgan fingerprint density at radius 3 is 2.15 bits per heavy atom. The quantitative estimate of drug-likeness (QED) is 0.138. The van der Waals surface area contributed by atoms with Gasteiger partial charge in [-0.2, -0.15) is 13.2 Å². The molecule has 0 saturated carbocycles. The highest BCUT2D eigenvalue weighted by Crippen LogP contribution is 2.22. The zero-order valence-corrected chi connectivity index (χ0v) is 19.1. The van der Waals surface area contributed by atoms with Crippen molar-refractivity contribution in [1.29, 1.82) is 0 Å². The summed E-state index contributed by atoms with van der Waals surface area (Å²) in [7, 11) is 0. The summed E-state index contributed by atoms with van der Waals surface area (Å²) in [4.78, 5) is 24.0. The molecule has 0 atom stereocenters. The molecule has 0 aromatic heterocycles. The van der Waals surface area contributed by atoms with Crippen molar-refractivity contribution in [2.75, 3.05) is 13.2 Å². The molecule has 2 rings (SSSR count). The third-order valence-electron chi connectivity index (χ3n) is 4.71. The van der Waals surface area contributed by atoms with Gasteiger partial charge in [-0.25, -0.2) is 9.59 Å². The molecule has 184 valence electrons. The molecule has 0 fully saturated rings. The molecular weight excluding hydrogens is 449 g/mol. The minimum atomic E-state index is -4.15. The number of rotatable bonds is 13. The molecule has 2 aromatic carbocycles. The van der Waals surface area contributed by atoms with Gasteiger partial charge in [0.15, 0.2) is 0 Å². The lowest BCUT2D eigenvalue weighted by Gasteiger charge is -2.09. The Morgan fingerprint density at radius 2 is 1.50 bits per heavy atom. The summed E-state index contributed by atoms with van der Waals surface area (Å²) in [6.45, 7) is 2.64. The number of benzene rings is 2. The van der Waals surface area contributed by atoms with Crippen LogP contribution in [0.1, 0.15) is 61.4 Å². The summed E-state index contributed by atoms with van der Waals surface area (Å²) in [6.07, 6.45) is 1.20. The molecule has 8 heteroatoms. The van der Waals surface area contributed by atoms with Crippen LogP contribution in [0, 0.1) is 0 Å². The summed E-state index contributed by atoms with van der Waals surface area (Å²) in [6, 6.07) is 12.8. The number of carbonyl (C=O) groups excluding carboxylic acids is 2. The first kappa shape index (κ1) is 27.0. The Kier molecular flexibility index (Phi) is 11.2. The minimum absolute atomic E-state index is 0.00558. The van der Waals surface area contributed by atoms with Crippen LogP contribution in [0.25, 0.3) is 6.08 Å². The van der Waals surface area contributed by atoms with Crippen LogP contribution < -0.4 is 9.47 Å². The zero-order valence-electron chi connectivity index (χ0n) is 19.1. The molecular formula is C26H29F3O5. The number of halogens is 3. The fraction of sp³-hybridized carbons (Fsp3) is 0.385. The van der Waals surface area contributed by atoms with E-state index in [2.05, 4.69) is 6.92 Å². The standard InChI is InChI=1S/C26H29F3O5/c1-2-3-5-19-33-24(30)16-9-20-7-12-23(13-8-20)34-25(31)21-10-14-22(15-11-21)32-18-6-4-17-26(27,28)29/h7-16H,2-6,17-19H2,1H3/b16-9+. The molecule has 5 nitrogen and oxygen atoms in total. The summed E-state index contributed by atoms with van der Waals surface area (Å²) in [5.41, 5.74) is 1.06. The third-order valence-corrected chi connectivity index (χ3v) is 4.71. The molecule has 0 bridgehead atoms. The molecule has 0 aliphatic rings. The van der Waals surface area contributed by atoms with Gasteiger partial charge in [-0.3, -0.25) is 0 Å². The fourth-order valence-electron chi connectivity index (χ4n) is 2.85. The van der Waals surface area contributed by atoms with Crippen molar-refractivity contribution in [2.24, 2.45) is 0 Å². The predicted molar refractivity (Wildman–Crippen MR) is 123 cm³/mol. The van der Waals surface area contributed by atoms with Gasteiger partial charge in [-0.05, 0) is 67.3 Å². The van der Waals surface area contributed by atoms with Gasteiger partial charge in [0.05, 0.1) is 18.8 Å². The predicted octanol–water partition coefficient (Wildman–Crippen LogP) is 6.76. The van der Waals surface area contributed by atoms with Crippen LogP contribution in [-0.4, -0.2) is 31.3 Å². The van der Waals surface area contributed by atoms with E-state index in [1.54, 1.807) is 42.5 Å². The Balaban J connectivity index is 1.76. The van der Waals surface area contributed by atoms with Gasteiger partial charge in [-0.1, -0.05) is 31.9 Å². The second kappa shape index (κ2) is 14.1. The normalized spacial score (nSPS) is 11.4. The number of unbranched alkanes of at least 4 members (excludes halogenated alkanes) is 3. The lowest BCUT2D eigenvalue weighted by Crippen LogP contribution is -2.09. The third kappa shape index (κ3) is 11.0. The van der Waals surface area contributed by atoms with E-state index in [1.165, 1.54) is 18.2 Å². The number of esters is 2. The van der Waals surface area contributed by atoms with E-state index in [9.17, 15) is 22.8 Å². The van der Waals surface area contributed by atoms with Gasteiger partial charge < -0.3 is 14.2 Å². The number of ether oxygens (including phenoxy) is 3. The topological polar surface area (TPSA) is 61.8 Å². The van der Waals surface area contributed by atoms with E-state index < -0.39 is 24.5 Å². The van der Waals surface area contributed by atoms with Crippen molar-refractivity contribution in [3.8, 4) is 11.5 Å². The van der Waals surface area contributed by atoms with Gasteiger partial charge >= 0.3 is 18.1 Å².